The third kappa shape index (κ3) is 3.66. The van der Waals surface area contributed by atoms with E-state index in [4.69, 9.17) is 0 Å². The van der Waals surface area contributed by atoms with Gasteiger partial charge in [-0.1, -0.05) is 37.3 Å². The van der Waals surface area contributed by atoms with Crippen molar-refractivity contribution in [3.8, 4) is 0 Å². The predicted molar refractivity (Wildman–Crippen MR) is 64.0 cm³/mol. The molecule has 3 heteroatoms. The Labute approximate surface area is 96.8 Å². The molecule has 0 spiro atoms. The lowest BCUT2D eigenvalue weighted by Crippen LogP contribution is -2.29. The number of benzene rings is 1. The summed E-state index contributed by atoms with van der Waals surface area (Å²) in [5.74, 6) is -0.288. The molecule has 0 saturated carbocycles. The van der Waals surface area contributed by atoms with E-state index in [-0.39, 0.29) is 17.9 Å². The minimum atomic E-state index is -0.173. The molecule has 1 rings (SSSR count). The van der Waals surface area contributed by atoms with Crippen LogP contribution in [0.15, 0.2) is 30.3 Å². The molecule has 0 aliphatic rings. The first-order valence-corrected chi connectivity index (χ1v) is 5.51. The van der Waals surface area contributed by atoms with E-state index in [0.29, 0.717) is 6.54 Å². The van der Waals surface area contributed by atoms with Gasteiger partial charge < -0.3 is 10.1 Å². The molecule has 0 aliphatic heterocycles. The minimum absolute atomic E-state index is 0.115. The average molecular weight is 221 g/mol. The topological polar surface area (TPSA) is 38.3 Å². The zero-order valence-electron chi connectivity index (χ0n) is 10.1. The van der Waals surface area contributed by atoms with Crippen molar-refractivity contribution in [2.75, 3.05) is 13.7 Å². The van der Waals surface area contributed by atoms with Gasteiger partial charge in [-0.05, 0) is 12.5 Å². The number of esters is 1. The van der Waals surface area contributed by atoms with Crippen molar-refractivity contribution >= 4 is 5.97 Å². The molecule has 1 aromatic carbocycles. The molecule has 1 aromatic rings. The molecule has 2 unspecified atom stereocenters. The highest BCUT2D eigenvalue weighted by Crippen LogP contribution is 2.11. The quantitative estimate of drug-likeness (QED) is 0.774. The number of hydrogen-bond donors (Lipinski definition) is 1. The van der Waals surface area contributed by atoms with Crippen molar-refractivity contribution in [2.24, 2.45) is 5.92 Å². The fraction of sp³-hybridized carbons (Fsp3) is 0.462. The van der Waals surface area contributed by atoms with E-state index in [1.165, 1.54) is 12.7 Å². The highest BCUT2D eigenvalue weighted by atomic mass is 16.5. The van der Waals surface area contributed by atoms with E-state index >= 15 is 0 Å². The SMILES string of the molecule is COC(=O)C(C)CNC(C)c1ccccc1. The molecule has 0 fully saturated rings. The van der Waals surface area contributed by atoms with Crippen LogP contribution in [0.4, 0.5) is 0 Å². The Hall–Kier alpha value is -1.35. The van der Waals surface area contributed by atoms with Crippen LogP contribution in [0.1, 0.15) is 25.5 Å². The fourth-order valence-corrected chi connectivity index (χ4v) is 1.50. The summed E-state index contributed by atoms with van der Waals surface area (Å²) >= 11 is 0. The van der Waals surface area contributed by atoms with E-state index in [0.717, 1.165) is 0 Å². The van der Waals surface area contributed by atoms with Crippen LogP contribution in [0, 0.1) is 5.92 Å². The number of rotatable bonds is 5. The standard InChI is InChI=1S/C13H19NO2/c1-10(13(15)16-3)9-14-11(2)12-7-5-4-6-8-12/h4-8,10-11,14H,9H2,1-3H3. The minimum Gasteiger partial charge on any atom is -0.469 e. The van der Waals surface area contributed by atoms with Crippen LogP contribution in [0.2, 0.25) is 0 Å². The first-order valence-electron chi connectivity index (χ1n) is 5.51. The van der Waals surface area contributed by atoms with Gasteiger partial charge in [-0.15, -0.1) is 0 Å². The average Bonchev–Trinajstić information content (AvgIpc) is 2.35. The molecule has 88 valence electrons. The maximum absolute atomic E-state index is 11.2. The second-order valence-electron chi connectivity index (χ2n) is 3.96. The summed E-state index contributed by atoms with van der Waals surface area (Å²) < 4.78 is 4.67. The van der Waals surface area contributed by atoms with Crippen molar-refractivity contribution in [1.29, 1.82) is 0 Å². The second-order valence-corrected chi connectivity index (χ2v) is 3.96. The van der Waals surface area contributed by atoms with Crippen LogP contribution >= 0.6 is 0 Å². The van der Waals surface area contributed by atoms with E-state index in [2.05, 4.69) is 29.1 Å². The zero-order valence-corrected chi connectivity index (χ0v) is 10.1. The Bertz CT molecular complexity index is 324. The van der Waals surface area contributed by atoms with Gasteiger partial charge >= 0.3 is 5.97 Å². The molecular weight excluding hydrogens is 202 g/mol. The zero-order chi connectivity index (χ0) is 12.0. The first-order chi connectivity index (χ1) is 7.65. The predicted octanol–water partition coefficient (Wildman–Crippen LogP) is 2.15. The van der Waals surface area contributed by atoms with E-state index in [1.54, 1.807) is 0 Å². The van der Waals surface area contributed by atoms with Crippen molar-refractivity contribution < 1.29 is 9.53 Å². The lowest BCUT2D eigenvalue weighted by molar-refractivity contribution is -0.144. The Morgan fingerprint density at radius 1 is 1.31 bits per heavy atom. The van der Waals surface area contributed by atoms with Gasteiger partial charge in [-0.2, -0.15) is 0 Å². The summed E-state index contributed by atoms with van der Waals surface area (Å²) in [5.41, 5.74) is 1.22. The summed E-state index contributed by atoms with van der Waals surface area (Å²) in [5, 5.41) is 3.31. The molecular formula is C13H19NO2. The fourth-order valence-electron chi connectivity index (χ4n) is 1.50. The van der Waals surface area contributed by atoms with Gasteiger partial charge in [0.1, 0.15) is 0 Å². The molecule has 1 N–H and O–H groups in total. The van der Waals surface area contributed by atoms with Crippen molar-refractivity contribution in [3.05, 3.63) is 35.9 Å². The van der Waals surface area contributed by atoms with Crippen LogP contribution in [-0.2, 0) is 9.53 Å². The number of nitrogens with one attached hydrogen (secondary N) is 1. The lowest BCUT2D eigenvalue weighted by atomic mass is 10.1. The van der Waals surface area contributed by atoms with Gasteiger partial charge in [0.25, 0.3) is 0 Å². The normalized spacial score (nSPS) is 14.2. The van der Waals surface area contributed by atoms with Crippen molar-refractivity contribution in [3.63, 3.8) is 0 Å². The van der Waals surface area contributed by atoms with Crippen LogP contribution < -0.4 is 5.32 Å². The number of ether oxygens (including phenoxy) is 1. The Morgan fingerprint density at radius 3 is 2.50 bits per heavy atom. The molecule has 0 saturated heterocycles. The second kappa shape index (κ2) is 6.28. The smallest absolute Gasteiger partial charge is 0.309 e. The van der Waals surface area contributed by atoms with E-state index < -0.39 is 0 Å². The molecule has 0 heterocycles. The molecule has 0 amide bonds. The largest absolute Gasteiger partial charge is 0.469 e. The van der Waals surface area contributed by atoms with Gasteiger partial charge in [0.05, 0.1) is 13.0 Å². The summed E-state index contributed by atoms with van der Waals surface area (Å²) in [6, 6.07) is 10.4. The maximum atomic E-state index is 11.2. The van der Waals surface area contributed by atoms with Gasteiger partial charge in [0, 0.05) is 12.6 Å². The number of carbonyl (C=O) groups is 1. The molecule has 0 aliphatic carbocycles. The molecule has 0 radical (unpaired) electrons. The maximum Gasteiger partial charge on any atom is 0.309 e. The Balaban J connectivity index is 2.41. The van der Waals surface area contributed by atoms with E-state index in [1.807, 2.05) is 25.1 Å². The van der Waals surface area contributed by atoms with Gasteiger partial charge in [0.15, 0.2) is 0 Å². The number of carbonyl (C=O) groups excluding carboxylic acids is 1. The van der Waals surface area contributed by atoms with Crippen molar-refractivity contribution in [1.82, 2.24) is 5.32 Å². The third-order valence-corrected chi connectivity index (χ3v) is 2.63. The van der Waals surface area contributed by atoms with Gasteiger partial charge in [-0.3, -0.25) is 4.79 Å². The van der Waals surface area contributed by atoms with Crippen molar-refractivity contribution in [2.45, 2.75) is 19.9 Å². The highest BCUT2D eigenvalue weighted by molar-refractivity contribution is 5.72. The van der Waals surface area contributed by atoms with Crippen LogP contribution in [0.25, 0.3) is 0 Å². The molecule has 2 atom stereocenters. The third-order valence-electron chi connectivity index (χ3n) is 2.63. The number of methoxy groups -OCH3 is 1. The van der Waals surface area contributed by atoms with E-state index in [9.17, 15) is 4.79 Å². The van der Waals surface area contributed by atoms with Crippen LogP contribution in [0.3, 0.4) is 0 Å². The molecule has 3 nitrogen and oxygen atoms in total. The number of hydrogen-bond acceptors (Lipinski definition) is 3. The molecule has 0 bridgehead atoms. The summed E-state index contributed by atoms with van der Waals surface area (Å²) in [4.78, 5) is 11.2. The lowest BCUT2D eigenvalue weighted by Gasteiger charge is -2.16. The van der Waals surface area contributed by atoms with Crippen LogP contribution in [-0.4, -0.2) is 19.6 Å². The molecule has 16 heavy (non-hydrogen) atoms. The highest BCUT2D eigenvalue weighted by Gasteiger charge is 2.14. The Morgan fingerprint density at radius 2 is 1.94 bits per heavy atom. The van der Waals surface area contributed by atoms with Crippen LogP contribution in [0.5, 0.6) is 0 Å². The monoisotopic (exact) mass is 221 g/mol. The van der Waals surface area contributed by atoms with Gasteiger partial charge in [0.2, 0.25) is 0 Å². The first kappa shape index (κ1) is 12.7. The molecule has 0 aromatic heterocycles. The van der Waals surface area contributed by atoms with Gasteiger partial charge in [-0.25, -0.2) is 0 Å². The summed E-state index contributed by atoms with van der Waals surface area (Å²) in [6.07, 6.45) is 0. The summed E-state index contributed by atoms with van der Waals surface area (Å²) in [7, 11) is 1.42. The Kier molecular flexibility index (Phi) is 4.99. The summed E-state index contributed by atoms with van der Waals surface area (Å²) in [6.45, 7) is 4.57.